The third kappa shape index (κ3) is 5.83. The number of nitrogens with zero attached hydrogens (tertiary/aromatic N) is 5. The topological polar surface area (TPSA) is 112 Å². The zero-order valence-corrected chi connectivity index (χ0v) is 15.2. The fourth-order valence-electron chi connectivity index (χ4n) is 2.14. The Morgan fingerprint density at radius 3 is 2.77 bits per heavy atom. The summed E-state index contributed by atoms with van der Waals surface area (Å²) in [4.78, 5) is 21.7. The molecule has 0 aliphatic heterocycles. The van der Waals surface area contributed by atoms with Crippen molar-refractivity contribution in [1.82, 2.24) is 24.9 Å². The molecule has 0 saturated carbocycles. The highest BCUT2D eigenvalue weighted by atomic mass is 19.4. The molecule has 0 aromatic carbocycles. The highest BCUT2D eigenvalue weighted by molar-refractivity contribution is 5.53. The Hall–Kier alpha value is -3.34. The van der Waals surface area contributed by atoms with Crippen molar-refractivity contribution in [2.75, 3.05) is 11.8 Å². The average Bonchev–Trinajstić information content (AvgIpc) is 2.79. The summed E-state index contributed by atoms with van der Waals surface area (Å²) in [7, 11) is 0. The first kappa shape index (κ1) is 12.4. The zero-order valence-electron chi connectivity index (χ0n) is 24.2. The summed E-state index contributed by atoms with van der Waals surface area (Å²) in [6, 6.07) is 4.00. The largest absolute Gasteiger partial charge is 0.433 e. The van der Waals surface area contributed by atoms with E-state index in [9.17, 15) is 18.3 Å². The van der Waals surface area contributed by atoms with Gasteiger partial charge in [-0.15, -0.1) is 0 Å². The minimum Gasteiger partial charge on any atom is -0.389 e. The van der Waals surface area contributed by atoms with E-state index >= 15 is 0 Å². The van der Waals surface area contributed by atoms with E-state index in [0.29, 0.717) is 11.8 Å². The van der Waals surface area contributed by atoms with Crippen LogP contribution in [0.3, 0.4) is 0 Å². The van der Waals surface area contributed by atoms with Gasteiger partial charge in [0.2, 0.25) is 5.95 Å². The number of alkyl halides is 3. The summed E-state index contributed by atoms with van der Waals surface area (Å²) >= 11 is 0. The molecule has 0 fully saturated rings. The zero-order chi connectivity index (χ0) is 29.6. The van der Waals surface area contributed by atoms with Crippen molar-refractivity contribution in [1.29, 1.82) is 0 Å². The molecule has 0 spiro atoms. The van der Waals surface area contributed by atoms with Crippen molar-refractivity contribution in [3.63, 3.8) is 0 Å². The van der Waals surface area contributed by atoms with E-state index in [1.165, 1.54) is 12.3 Å². The van der Waals surface area contributed by atoms with Crippen LogP contribution in [0, 0.1) is 6.92 Å². The lowest BCUT2D eigenvalue weighted by Crippen LogP contribution is -2.30. The Labute approximate surface area is 182 Å². The highest BCUT2D eigenvalue weighted by Gasteiger charge is 2.32. The van der Waals surface area contributed by atoms with Crippen LogP contribution in [-0.4, -0.2) is 42.1 Å². The Morgan fingerprint density at radius 2 is 2.03 bits per heavy atom. The molecular formula is C19H20F3N7O. The van der Waals surface area contributed by atoms with Crippen LogP contribution in [0.4, 0.5) is 25.1 Å². The monoisotopic (exact) mass is 428 g/mol. The van der Waals surface area contributed by atoms with Crippen LogP contribution in [-0.2, 0) is 6.18 Å². The Balaban J connectivity index is 2.26. The van der Waals surface area contributed by atoms with Crippen molar-refractivity contribution in [3.8, 4) is 11.5 Å². The molecule has 158 valence electrons. The van der Waals surface area contributed by atoms with E-state index < -0.39 is 61.1 Å². The van der Waals surface area contributed by atoms with Crippen molar-refractivity contribution in [2.45, 2.75) is 32.4 Å². The summed E-state index contributed by atoms with van der Waals surface area (Å²) in [5.41, 5.74) is -5.41. The number of hydrogen-bond donors (Lipinski definition) is 3. The van der Waals surface area contributed by atoms with E-state index in [0.717, 1.165) is 12.1 Å². The molecule has 30 heavy (non-hydrogen) atoms. The molecule has 0 amide bonds. The molecule has 3 N–H and O–H groups in total. The van der Waals surface area contributed by atoms with Gasteiger partial charge in [0, 0.05) is 26.6 Å². The molecular weight excluding hydrogens is 399 g/mol. The van der Waals surface area contributed by atoms with Gasteiger partial charge in [0.25, 0.3) is 5.95 Å². The minimum absolute atomic E-state index is 0.0177. The number of aromatic amines is 1. The number of halogens is 3. The molecule has 0 bridgehead atoms. The summed E-state index contributed by atoms with van der Waals surface area (Å²) in [5.74, 6) is -2.06. The number of anilines is 1. The molecule has 0 aliphatic carbocycles. The second-order valence-electron chi connectivity index (χ2n) is 5.87. The molecule has 11 heteroatoms. The minimum atomic E-state index is -4.84. The van der Waals surface area contributed by atoms with Crippen LogP contribution < -0.4 is 10.7 Å². The van der Waals surface area contributed by atoms with Crippen molar-refractivity contribution >= 4 is 11.9 Å². The number of pyridine rings is 2. The van der Waals surface area contributed by atoms with Gasteiger partial charge in [0.15, 0.2) is 5.82 Å². The van der Waals surface area contributed by atoms with Crippen LogP contribution in [0.1, 0.15) is 37.4 Å². The number of hydrogen-bond acceptors (Lipinski definition) is 7. The summed E-state index contributed by atoms with van der Waals surface area (Å²) in [5, 5.41) is 12.4. The van der Waals surface area contributed by atoms with Gasteiger partial charge in [0.1, 0.15) is 11.4 Å². The van der Waals surface area contributed by atoms with Crippen LogP contribution in [0.2, 0.25) is 0 Å². The first-order chi connectivity index (χ1) is 17.7. The van der Waals surface area contributed by atoms with E-state index in [4.69, 9.17) is 12.3 Å². The fourth-order valence-corrected chi connectivity index (χ4v) is 2.14. The third-order valence-corrected chi connectivity index (χ3v) is 3.32. The van der Waals surface area contributed by atoms with E-state index in [1.807, 2.05) is 5.32 Å². The summed E-state index contributed by atoms with van der Waals surface area (Å²) in [6.45, 7) is -9.70. The predicted molar refractivity (Wildman–Crippen MR) is 104 cm³/mol. The van der Waals surface area contributed by atoms with E-state index in [-0.39, 0.29) is 11.4 Å². The van der Waals surface area contributed by atoms with Crippen molar-refractivity contribution in [3.05, 3.63) is 53.2 Å². The normalized spacial score (nSPS) is 18.6. The number of aryl methyl sites for hydroxylation is 1. The maximum absolute atomic E-state index is 13.2. The number of aromatic nitrogens is 5. The molecule has 3 rings (SSSR count). The van der Waals surface area contributed by atoms with Crippen molar-refractivity contribution in [2.24, 2.45) is 4.99 Å². The van der Waals surface area contributed by atoms with Gasteiger partial charge < -0.3 is 15.4 Å². The van der Waals surface area contributed by atoms with Gasteiger partial charge >= 0.3 is 6.18 Å². The van der Waals surface area contributed by atoms with Crippen LogP contribution in [0.25, 0.3) is 11.5 Å². The lowest BCUT2D eigenvalue weighted by Gasteiger charge is -2.17. The molecule has 0 atom stereocenters. The fraction of sp³-hybridized carbons (Fsp3) is 0.316. The Kier molecular flexibility index (Phi) is 3.38. The van der Waals surface area contributed by atoms with Gasteiger partial charge in [-0.2, -0.15) is 28.1 Å². The molecule has 8 nitrogen and oxygen atoms in total. The Bertz CT molecular complexity index is 1430. The van der Waals surface area contributed by atoms with Gasteiger partial charge in [-0.25, -0.2) is 9.98 Å². The highest BCUT2D eigenvalue weighted by Crippen LogP contribution is 2.29. The maximum Gasteiger partial charge on any atom is 0.433 e. The molecule has 0 radical (unpaired) electrons. The van der Waals surface area contributed by atoms with Crippen LogP contribution in [0.5, 0.6) is 0 Å². The lowest BCUT2D eigenvalue weighted by atomic mass is 10.1. The van der Waals surface area contributed by atoms with Gasteiger partial charge in [-0.05, 0) is 44.9 Å². The lowest BCUT2D eigenvalue weighted by molar-refractivity contribution is -0.141. The SMILES string of the molecule is [2H]c1c(C)[nH]ccc1=Nc1nc(NC([2H])([2H])C(O)(C([2H])([2H])[2H])C([2H])([2H])[2H])nc(-c2cccc(C(F)(F)F)n2)n1. The van der Waals surface area contributed by atoms with Crippen LogP contribution in [0.15, 0.2) is 41.5 Å². The second kappa shape index (κ2) is 8.19. The smallest absolute Gasteiger partial charge is 0.389 e. The second-order valence-corrected chi connectivity index (χ2v) is 5.87. The first-order valence-corrected chi connectivity index (χ1v) is 8.18. The number of H-pyrrole nitrogens is 1. The van der Waals surface area contributed by atoms with E-state index in [2.05, 4.69) is 29.9 Å². The standard InChI is InChI=1S/C19H20F3N7O/c1-11-9-12(7-8-23-11)25-17-28-15(27-16(29-17)24-10-18(2,3)30)13-5-4-6-14(26-13)19(20,21)22/h4-9,30H,10H2,1-3H3,(H2,23,24,25,27,28,29)/i2D3,3D3,9D,10D2. The van der Waals surface area contributed by atoms with Crippen molar-refractivity contribution < 1.29 is 30.6 Å². The summed E-state index contributed by atoms with van der Waals surface area (Å²) < 4.78 is 109. The first-order valence-electron chi connectivity index (χ1n) is 12.7. The molecule has 0 unspecified atom stereocenters. The molecule has 0 saturated heterocycles. The quantitative estimate of drug-likeness (QED) is 0.576. The van der Waals surface area contributed by atoms with Gasteiger partial charge in [0.05, 0.1) is 15.1 Å². The number of nitrogens with one attached hydrogen (secondary N) is 2. The molecule has 3 heterocycles. The number of aliphatic hydroxyl groups is 1. The Morgan fingerprint density at radius 1 is 1.23 bits per heavy atom. The molecule has 3 aromatic rings. The number of rotatable bonds is 5. The van der Waals surface area contributed by atoms with Crippen LogP contribution >= 0.6 is 0 Å². The summed E-state index contributed by atoms with van der Waals surface area (Å²) in [6.07, 6.45) is -3.42. The molecule has 0 aliphatic rings. The predicted octanol–water partition coefficient (Wildman–Crippen LogP) is 3.00. The third-order valence-electron chi connectivity index (χ3n) is 3.32. The molecule has 3 aromatic heterocycles. The average molecular weight is 428 g/mol. The van der Waals surface area contributed by atoms with E-state index in [1.54, 1.807) is 6.92 Å². The van der Waals surface area contributed by atoms with Gasteiger partial charge in [-0.3, -0.25) is 0 Å². The maximum atomic E-state index is 13.2. The van der Waals surface area contributed by atoms with Gasteiger partial charge in [-0.1, -0.05) is 6.07 Å².